The molecule has 2 aromatic rings. The maximum Gasteiger partial charge on any atom is 0.276 e. The molecule has 1 aliphatic rings. The largest absolute Gasteiger partial charge is 0.361 e. The van der Waals surface area contributed by atoms with Crippen molar-refractivity contribution in [2.45, 2.75) is 19.3 Å². The molecule has 104 valence electrons. The first-order valence-corrected chi connectivity index (χ1v) is 6.61. The van der Waals surface area contributed by atoms with Crippen molar-refractivity contribution in [3.63, 3.8) is 0 Å². The van der Waals surface area contributed by atoms with Crippen molar-refractivity contribution < 1.29 is 13.7 Å². The summed E-state index contributed by atoms with van der Waals surface area (Å²) in [5.74, 6) is 0.442. The smallest absolute Gasteiger partial charge is 0.276 e. The number of nitrogens with zero attached hydrogens (tertiary/aromatic N) is 2. The Balaban J connectivity index is 1.72. The van der Waals surface area contributed by atoms with Crippen molar-refractivity contribution in [1.29, 1.82) is 0 Å². The van der Waals surface area contributed by atoms with E-state index in [9.17, 15) is 9.18 Å². The van der Waals surface area contributed by atoms with Gasteiger partial charge in [-0.05, 0) is 31.0 Å². The Bertz CT molecular complexity index is 638. The Morgan fingerprint density at radius 3 is 3.00 bits per heavy atom. The number of benzene rings is 1. The number of carbonyl (C=O) groups excluding carboxylic acids is 1. The van der Waals surface area contributed by atoms with Gasteiger partial charge in [0.25, 0.3) is 5.91 Å². The van der Waals surface area contributed by atoms with E-state index in [2.05, 4.69) is 5.16 Å². The van der Waals surface area contributed by atoms with Crippen LogP contribution in [-0.4, -0.2) is 29.1 Å². The van der Waals surface area contributed by atoms with E-state index < -0.39 is 0 Å². The van der Waals surface area contributed by atoms with Gasteiger partial charge in [-0.3, -0.25) is 4.79 Å². The van der Waals surface area contributed by atoms with Crippen LogP contribution in [0.4, 0.5) is 4.39 Å². The molecule has 1 fully saturated rings. The van der Waals surface area contributed by atoms with Gasteiger partial charge in [-0.2, -0.15) is 0 Å². The van der Waals surface area contributed by atoms with Crippen molar-refractivity contribution in [2.75, 3.05) is 13.1 Å². The first-order chi connectivity index (χ1) is 9.63. The zero-order valence-electron chi connectivity index (χ0n) is 11.2. The lowest BCUT2D eigenvalue weighted by atomic mass is 9.98. The number of amides is 1. The molecule has 4 nitrogen and oxygen atoms in total. The second-order valence-corrected chi connectivity index (χ2v) is 5.11. The lowest BCUT2D eigenvalue weighted by molar-refractivity contribution is 0.0780. The van der Waals surface area contributed by atoms with Gasteiger partial charge in [0.2, 0.25) is 0 Å². The second kappa shape index (κ2) is 5.07. The highest BCUT2D eigenvalue weighted by Crippen LogP contribution is 2.28. The molecule has 1 aromatic heterocycles. The summed E-state index contributed by atoms with van der Waals surface area (Å²) in [6.07, 6.45) is 0.839. The van der Waals surface area contributed by atoms with Gasteiger partial charge in [-0.1, -0.05) is 17.3 Å². The molecule has 0 aliphatic carbocycles. The van der Waals surface area contributed by atoms with E-state index >= 15 is 0 Å². The molecule has 0 spiro atoms. The molecule has 1 atom stereocenters. The lowest BCUT2D eigenvalue weighted by Gasteiger charge is -2.15. The Hall–Kier alpha value is -2.17. The zero-order chi connectivity index (χ0) is 14.1. The number of rotatable bonds is 2. The summed E-state index contributed by atoms with van der Waals surface area (Å²) < 4.78 is 18.2. The molecule has 20 heavy (non-hydrogen) atoms. The SMILES string of the molecule is Cc1cc(C(=O)N2CC[C@H](c3cccc(F)c3)C2)no1. The highest BCUT2D eigenvalue weighted by molar-refractivity contribution is 5.92. The molecule has 5 heteroatoms. The molecule has 1 aromatic carbocycles. The second-order valence-electron chi connectivity index (χ2n) is 5.11. The van der Waals surface area contributed by atoms with Crippen LogP contribution in [0.3, 0.4) is 0 Å². The quantitative estimate of drug-likeness (QED) is 0.846. The first-order valence-electron chi connectivity index (χ1n) is 6.61. The third kappa shape index (κ3) is 2.43. The normalized spacial score (nSPS) is 18.5. The molecule has 1 saturated heterocycles. The van der Waals surface area contributed by atoms with Gasteiger partial charge < -0.3 is 9.42 Å². The van der Waals surface area contributed by atoms with E-state index in [1.165, 1.54) is 6.07 Å². The van der Waals surface area contributed by atoms with Crippen LogP contribution in [-0.2, 0) is 0 Å². The number of hydrogen-bond donors (Lipinski definition) is 0. The minimum atomic E-state index is -0.237. The lowest BCUT2D eigenvalue weighted by Crippen LogP contribution is -2.28. The number of hydrogen-bond acceptors (Lipinski definition) is 3. The molecule has 1 aliphatic heterocycles. The molecule has 0 N–H and O–H groups in total. The van der Waals surface area contributed by atoms with E-state index in [0.29, 0.717) is 24.5 Å². The minimum absolute atomic E-state index is 0.124. The van der Waals surface area contributed by atoms with Gasteiger partial charge in [0, 0.05) is 25.1 Å². The van der Waals surface area contributed by atoms with Crippen LogP contribution >= 0.6 is 0 Å². The van der Waals surface area contributed by atoms with Gasteiger partial charge in [0.1, 0.15) is 11.6 Å². The molecule has 1 amide bonds. The number of carbonyl (C=O) groups is 1. The predicted octanol–water partition coefficient (Wildman–Crippen LogP) is 2.75. The van der Waals surface area contributed by atoms with Crippen LogP contribution in [0, 0.1) is 12.7 Å². The van der Waals surface area contributed by atoms with E-state index in [4.69, 9.17) is 4.52 Å². The van der Waals surface area contributed by atoms with Crippen LogP contribution in [0.25, 0.3) is 0 Å². The summed E-state index contributed by atoms with van der Waals surface area (Å²) in [5, 5.41) is 3.75. The van der Waals surface area contributed by atoms with Crippen LogP contribution < -0.4 is 0 Å². The fourth-order valence-electron chi connectivity index (χ4n) is 2.61. The molecule has 0 unspecified atom stereocenters. The van der Waals surface area contributed by atoms with Crippen LogP contribution in [0.15, 0.2) is 34.9 Å². The Labute approximate surface area is 116 Å². The number of likely N-dealkylation sites (tertiary alicyclic amines) is 1. The number of aryl methyl sites for hydroxylation is 1. The Morgan fingerprint density at radius 1 is 1.45 bits per heavy atom. The molecule has 3 rings (SSSR count). The van der Waals surface area contributed by atoms with Crippen molar-refractivity contribution in [3.8, 4) is 0 Å². The fourth-order valence-corrected chi connectivity index (χ4v) is 2.61. The van der Waals surface area contributed by atoms with E-state index in [1.807, 2.05) is 6.07 Å². The zero-order valence-corrected chi connectivity index (χ0v) is 11.2. The number of aromatic nitrogens is 1. The maximum atomic E-state index is 13.2. The monoisotopic (exact) mass is 274 g/mol. The topological polar surface area (TPSA) is 46.3 Å². The third-order valence-electron chi connectivity index (χ3n) is 3.64. The van der Waals surface area contributed by atoms with Crippen molar-refractivity contribution in [2.24, 2.45) is 0 Å². The molecular weight excluding hydrogens is 259 g/mol. The average molecular weight is 274 g/mol. The Kier molecular flexibility index (Phi) is 3.26. The molecular formula is C15H15FN2O2. The fraction of sp³-hybridized carbons (Fsp3) is 0.333. The first kappa shape index (κ1) is 12.8. The van der Waals surface area contributed by atoms with E-state index in [1.54, 1.807) is 30.0 Å². The average Bonchev–Trinajstić information content (AvgIpc) is 3.07. The van der Waals surface area contributed by atoms with Gasteiger partial charge >= 0.3 is 0 Å². The standard InChI is InChI=1S/C15H15FN2O2/c1-10-7-14(17-20-10)15(19)18-6-5-12(9-18)11-3-2-4-13(16)8-11/h2-4,7-8,12H,5-6,9H2,1H3/t12-/m0/s1. The maximum absolute atomic E-state index is 13.2. The summed E-state index contributed by atoms with van der Waals surface area (Å²) >= 11 is 0. The third-order valence-corrected chi connectivity index (χ3v) is 3.64. The van der Waals surface area contributed by atoms with E-state index in [-0.39, 0.29) is 17.6 Å². The van der Waals surface area contributed by atoms with Crippen LogP contribution in [0.2, 0.25) is 0 Å². The van der Waals surface area contributed by atoms with E-state index in [0.717, 1.165) is 12.0 Å². The minimum Gasteiger partial charge on any atom is -0.361 e. The molecule has 0 bridgehead atoms. The van der Waals surface area contributed by atoms with Crippen LogP contribution in [0.5, 0.6) is 0 Å². The van der Waals surface area contributed by atoms with Crippen molar-refractivity contribution in [3.05, 3.63) is 53.2 Å². The molecule has 0 saturated carbocycles. The van der Waals surface area contributed by atoms with Crippen LogP contribution in [0.1, 0.15) is 34.2 Å². The highest BCUT2D eigenvalue weighted by atomic mass is 19.1. The Morgan fingerprint density at radius 2 is 2.30 bits per heavy atom. The summed E-state index contributed by atoms with van der Waals surface area (Å²) in [5.41, 5.74) is 1.28. The summed E-state index contributed by atoms with van der Waals surface area (Å²) in [7, 11) is 0. The van der Waals surface area contributed by atoms with Crippen molar-refractivity contribution >= 4 is 5.91 Å². The molecule has 2 heterocycles. The summed E-state index contributed by atoms with van der Waals surface area (Å²) in [6.45, 7) is 3.00. The van der Waals surface area contributed by atoms with Gasteiger partial charge in [0.15, 0.2) is 5.69 Å². The van der Waals surface area contributed by atoms with Crippen molar-refractivity contribution in [1.82, 2.24) is 10.1 Å². The van der Waals surface area contributed by atoms with Gasteiger partial charge in [-0.15, -0.1) is 0 Å². The predicted molar refractivity (Wildman–Crippen MR) is 70.9 cm³/mol. The van der Waals surface area contributed by atoms with Gasteiger partial charge in [-0.25, -0.2) is 4.39 Å². The highest BCUT2D eigenvalue weighted by Gasteiger charge is 2.29. The van der Waals surface area contributed by atoms with Gasteiger partial charge in [0.05, 0.1) is 0 Å². The molecule has 0 radical (unpaired) electrons. The number of halogens is 1. The summed E-state index contributed by atoms with van der Waals surface area (Å²) in [6, 6.07) is 8.22. The summed E-state index contributed by atoms with van der Waals surface area (Å²) in [4.78, 5) is 14.0.